The number of anilines is 1. The van der Waals surface area contributed by atoms with Gasteiger partial charge in [0, 0.05) is 12.2 Å². The molecule has 4 nitrogen and oxygen atoms in total. The maximum absolute atomic E-state index is 12.1. The van der Waals surface area contributed by atoms with Crippen LogP contribution in [-0.4, -0.2) is 30.6 Å². The predicted molar refractivity (Wildman–Crippen MR) is 91.3 cm³/mol. The molecule has 5 heteroatoms. The average molecular weight is 315 g/mol. The lowest BCUT2D eigenvalue weighted by Gasteiger charge is -2.27. The number of carbonyl (C=O) groups excluding carboxylic acids is 1. The number of urea groups is 1. The summed E-state index contributed by atoms with van der Waals surface area (Å²) in [4.78, 5) is 14.5. The van der Waals surface area contributed by atoms with E-state index in [0.29, 0.717) is 6.54 Å². The van der Waals surface area contributed by atoms with Crippen molar-refractivity contribution in [2.24, 2.45) is 0 Å². The molecule has 1 atom stereocenters. The van der Waals surface area contributed by atoms with Crippen LogP contribution in [0.4, 0.5) is 10.5 Å². The van der Waals surface area contributed by atoms with Crippen molar-refractivity contribution < 1.29 is 4.79 Å². The van der Waals surface area contributed by atoms with Crippen molar-refractivity contribution in [1.29, 1.82) is 0 Å². The molecule has 0 radical (unpaired) electrons. The number of hydrogen-bond donors (Lipinski definition) is 2. The second-order valence-corrected chi connectivity index (χ2v) is 6.30. The number of hydrogen-bond acceptors (Lipinski definition) is 3. The van der Waals surface area contributed by atoms with Gasteiger partial charge in [-0.3, -0.25) is 4.90 Å². The molecule has 1 fully saturated rings. The molecular formula is C17H21N3OS. The smallest absolute Gasteiger partial charge is 0.319 e. The Morgan fingerprint density at radius 2 is 1.95 bits per heavy atom. The van der Waals surface area contributed by atoms with Gasteiger partial charge in [0.05, 0.1) is 6.04 Å². The summed E-state index contributed by atoms with van der Waals surface area (Å²) in [5.41, 5.74) is 2.11. The number of thiophene rings is 1. The van der Waals surface area contributed by atoms with Crippen LogP contribution in [0.2, 0.25) is 0 Å². The number of rotatable bonds is 5. The monoisotopic (exact) mass is 315 g/mol. The topological polar surface area (TPSA) is 44.4 Å². The lowest BCUT2D eigenvalue weighted by Crippen LogP contribution is -2.38. The molecule has 1 aromatic carbocycles. The Morgan fingerprint density at radius 1 is 1.18 bits per heavy atom. The van der Waals surface area contributed by atoms with Gasteiger partial charge in [0.2, 0.25) is 0 Å². The van der Waals surface area contributed by atoms with Gasteiger partial charge in [0.1, 0.15) is 0 Å². The zero-order chi connectivity index (χ0) is 15.2. The molecule has 2 heterocycles. The van der Waals surface area contributed by atoms with E-state index in [1.165, 1.54) is 18.4 Å². The number of amides is 2. The minimum atomic E-state index is -0.148. The number of likely N-dealkylation sites (tertiary alicyclic amines) is 1. The molecule has 1 saturated heterocycles. The van der Waals surface area contributed by atoms with Crippen molar-refractivity contribution in [1.82, 2.24) is 10.2 Å². The molecule has 1 aliphatic heterocycles. The summed E-state index contributed by atoms with van der Waals surface area (Å²) in [5, 5.41) is 10.2. The molecule has 2 amide bonds. The van der Waals surface area contributed by atoms with Gasteiger partial charge < -0.3 is 10.6 Å². The maximum Gasteiger partial charge on any atom is 0.319 e. The summed E-state index contributed by atoms with van der Waals surface area (Å²) in [7, 11) is 0. The van der Waals surface area contributed by atoms with Crippen LogP contribution in [0.3, 0.4) is 0 Å². The average Bonchev–Trinajstić information content (AvgIpc) is 3.22. The van der Waals surface area contributed by atoms with E-state index in [4.69, 9.17) is 0 Å². The van der Waals surface area contributed by atoms with Crippen LogP contribution < -0.4 is 10.6 Å². The summed E-state index contributed by atoms with van der Waals surface area (Å²) in [6, 6.07) is 11.8. The highest BCUT2D eigenvalue weighted by molar-refractivity contribution is 7.07. The van der Waals surface area contributed by atoms with Crippen LogP contribution in [0, 0.1) is 0 Å². The van der Waals surface area contributed by atoms with Gasteiger partial charge in [0.15, 0.2) is 0 Å². The van der Waals surface area contributed by atoms with Gasteiger partial charge >= 0.3 is 6.03 Å². The van der Waals surface area contributed by atoms with Crippen LogP contribution in [0.1, 0.15) is 24.4 Å². The van der Waals surface area contributed by atoms with Crippen LogP contribution in [0.5, 0.6) is 0 Å². The van der Waals surface area contributed by atoms with E-state index in [1.54, 1.807) is 11.3 Å². The molecular weight excluding hydrogens is 294 g/mol. The lowest BCUT2D eigenvalue weighted by atomic mass is 10.1. The molecule has 22 heavy (non-hydrogen) atoms. The van der Waals surface area contributed by atoms with Crippen LogP contribution in [0.15, 0.2) is 47.2 Å². The summed E-state index contributed by atoms with van der Waals surface area (Å²) >= 11 is 1.71. The zero-order valence-corrected chi connectivity index (χ0v) is 13.3. The third-order valence-corrected chi connectivity index (χ3v) is 4.70. The SMILES string of the molecule is O=C(NC[C@@H](c1ccsc1)N1CCCC1)Nc1ccccc1. The minimum absolute atomic E-state index is 0.148. The first-order valence-corrected chi connectivity index (χ1v) is 8.63. The van der Waals surface area contributed by atoms with Gasteiger partial charge in [-0.1, -0.05) is 18.2 Å². The van der Waals surface area contributed by atoms with Gasteiger partial charge in [0.25, 0.3) is 0 Å². The highest BCUT2D eigenvalue weighted by Gasteiger charge is 2.24. The molecule has 116 valence electrons. The Hall–Kier alpha value is -1.85. The van der Waals surface area contributed by atoms with Crippen LogP contribution in [-0.2, 0) is 0 Å². The molecule has 1 aromatic heterocycles. The third kappa shape index (κ3) is 3.87. The van der Waals surface area contributed by atoms with Gasteiger partial charge in [-0.05, 0) is 60.5 Å². The molecule has 2 N–H and O–H groups in total. The van der Waals surface area contributed by atoms with Gasteiger partial charge in [-0.25, -0.2) is 4.79 Å². The fraction of sp³-hybridized carbons (Fsp3) is 0.353. The third-order valence-electron chi connectivity index (χ3n) is 4.00. The van der Waals surface area contributed by atoms with E-state index in [9.17, 15) is 4.79 Å². The molecule has 2 aromatic rings. The molecule has 0 spiro atoms. The maximum atomic E-state index is 12.1. The highest BCUT2D eigenvalue weighted by Crippen LogP contribution is 2.26. The molecule has 0 aliphatic carbocycles. The number of para-hydroxylation sites is 1. The second-order valence-electron chi connectivity index (χ2n) is 5.52. The number of nitrogens with zero attached hydrogens (tertiary/aromatic N) is 1. The normalized spacial score (nSPS) is 16.4. The first-order chi connectivity index (χ1) is 10.8. The quantitative estimate of drug-likeness (QED) is 0.883. The Balaban J connectivity index is 1.58. The van der Waals surface area contributed by atoms with Crippen molar-refractivity contribution in [3.8, 4) is 0 Å². The minimum Gasteiger partial charge on any atom is -0.336 e. The standard InChI is InChI=1S/C17H21N3OS/c21-17(19-15-6-2-1-3-7-15)18-12-16(14-8-11-22-13-14)20-9-4-5-10-20/h1-3,6-8,11,13,16H,4-5,9-10,12H2,(H2,18,19,21)/t16-/m0/s1. The zero-order valence-electron chi connectivity index (χ0n) is 12.5. The predicted octanol–water partition coefficient (Wildman–Crippen LogP) is 3.71. The van der Waals surface area contributed by atoms with Gasteiger partial charge in [-0.15, -0.1) is 0 Å². The molecule has 1 aliphatic rings. The van der Waals surface area contributed by atoms with E-state index in [-0.39, 0.29) is 12.1 Å². The van der Waals surface area contributed by atoms with E-state index in [1.807, 2.05) is 30.3 Å². The van der Waals surface area contributed by atoms with Crippen molar-refractivity contribution in [3.05, 3.63) is 52.7 Å². The second kappa shape index (κ2) is 7.42. The van der Waals surface area contributed by atoms with E-state index < -0.39 is 0 Å². The molecule has 0 bridgehead atoms. The fourth-order valence-electron chi connectivity index (χ4n) is 2.86. The number of carbonyl (C=O) groups is 1. The molecule has 3 rings (SSSR count). The van der Waals surface area contributed by atoms with Crippen LogP contribution in [0.25, 0.3) is 0 Å². The first-order valence-electron chi connectivity index (χ1n) is 7.69. The van der Waals surface area contributed by atoms with E-state index in [0.717, 1.165) is 18.8 Å². The fourth-order valence-corrected chi connectivity index (χ4v) is 3.57. The molecule has 0 unspecified atom stereocenters. The Morgan fingerprint density at radius 3 is 2.64 bits per heavy atom. The van der Waals surface area contributed by atoms with Gasteiger partial charge in [-0.2, -0.15) is 11.3 Å². The van der Waals surface area contributed by atoms with Crippen molar-refractivity contribution >= 4 is 23.1 Å². The lowest BCUT2D eigenvalue weighted by molar-refractivity contribution is 0.228. The van der Waals surface area contributed by atoms with Crippen molar-refractivity contribution in [2.75, 3.05) is 25.0 Å². The summed E-state index contributed by atoms with van der Waals surface area (Å²) < 4.78 is 0. The van der Waals surface area contributed by atoms with E-state index in [2.05, 4.69) is 32.4 Å². The Bertz CT molecular complexity index is 579. The van der Waals surface area contributed by atoms with Crippen molar-refractivity contribution in [3.63, 3.8) is 0 Å². The largest absolute Gasteiger partial charge is 0.336 e. The Kier molecular flexibility index (Phi) is 5.08. The number of benzene rings is 1. The van der Waals surface area contributed by atoms with Crippen LogP contribution >= 0.6 is 11.3 Å². The Labute approximate surface area is 135 Å². The van der Waals surface area contributed by atoms with Crippen molar-refractivity contribution in [2.45, 2.75) is 18.9 Å². The van der Waals surface area contributed by atoms with E-state index >= 15 is 0 Å². The summed E-state index contributed by atoms with van der Waals surface area (Å²) in [6.07, 6.45) is 2.49. The summed E-state index contributed by atoms with van der Waals surface area (Å²) in [5.74, 6) is 0. The first kappa shape index (κ1) is 15.1. The summed E-state index contributed by atoms with van der Waals surface area (Å²) in [6.45, 7) is 2.86. The number of nitrogens with one attached hydrogen (secondary N) is 2. The molecule has 0 saturated carbocycles. The highest BCUT2D eigenvalue weighted by atomic mass is 32.1.